The van der Waals surface area contributed by atoms with Crippen molar-refractivity contribution < 1.29 is 36.6 Å². The second-order valence-corrected chi connectivity index (χ2v) is 6.80. The molecule has 0 aliphatic carbocycles. The zero-order chi connectivity index (χ0) is 22.6. The number of cyclic esters (lactones) is 1. The highest BCUT2D eigenvalue weighted by Crippen LogP contribution is 2.36. The van der Waals surface area contributed by atoms with Crippen molar-refractivity contribution in [3.8, 4) is 11.5 Å². The van der Waals surface area contributed by atoms with Crippen LogP contribution in [0.5, 0.6) is 11.5 Å². The molecule has 0 aromatic heterocycles. The number of nitrogens with zero attached hydrogens (tertiary/aromatic N) is 1. The molecule has 9 heteroatoms. The summed E-state index contributed by atoms with van der Waals surface area (Å²) in [6.07, 6.45) is -3.14. The Morgan fingerprint density at radius 1 is 1.10 bits per heavy atom. The number of carbonyl (C=O) groups excluding carboxylic acids is 1. The van der Waals surface area contributed by atoms with Gasteiger partial charge in [-0.05, 0) is 53.5 Å². The Kier molecular flexibility index (Phi) is 6.72. The number of ether oxygens (including phenoxy) is 3. The van der Waals surface area contributed by atoms with E-state index in [0.717, 1.165) is 12.1 Å². The molecule has 1 aliphatic heterocycles. The van der Waals surface area contributed by atoms with Gasteiger partial charge < -0.3 is 19.1 Å². The number of halogens is 4. The van der Waals surface area contributed by atoms with Crippen LogP contribution in [0.3, 0.4) is 0 Å². The Morgan fingerprint density at radius 3 is 2.45 bits per heavy atom. The largest absolute Gasteiger partial charge is 0.493 e. The normalized spacial score (nSPS) is 14.6. The second-order valence-electron chi connectivity index (χ2n) is 6.80. The van der Waals surface area contributed by atoms with Crippen molar-refractivity contribution >= 4 is 11.7 Å². The molecule has 1 aliphatic rings. The molecule has 1 fully saturated rings. The maximum absolute atomic E-state index is 14.1. The van der Waals surface area contributed by atoms with Crippen molar-refractivity contribution in [1.29, 1.82) is 0 Å². The third-order valence-electron chi connectivity index (χ3n) is 4.82. The highest BCUT2D eigenvalue weighted by molar-refractivity contribution is 5.81. The molecule has 1 heterocycles. The number of carbonyl (C=O) groups is 1. The molecule has 1 saturated heterocycles. The van der Waals surface area contributed by atoms with E-state index in [1.807, 2.05) is 0 Å². The van der Waals surface area contributed by atoms with Crippen molar-refractivity contribution in [3.05, 3.63) is 65.0 Å². The lowest BCUT2D eigenvalue weighted by Gasteiger charge is -2.16. The molecule has 0 radical (unpaired) electrons. The zero-order valence-electron chi connectivity index (χ0n) is 17.0. The molecule has 0 N–H and O–H groups in total. The summed E-state index contributed by atoms with van der Waals surface area (Å²) in [6, 6.07) is 7.26. The number of benzene rings is 2. The average Bonchev–Trinajstić information content (AvgIpc) is 3.14. The Morgan fingerprint density at radius 2 is 1.84 bits per heavy atom. The monoisotopic (exact) mass is 439 g/mol. The number of rotatable bonds is 7. The van der Waals surface area contributed by atoms with Crippen molar-refractivity contribution in [1.82, 2.24) is 4.90 Å². The van der Waals surface area contributed by atoms with Crippen LogP contribution in [0, 0.1) is 5.82 Å². The van der Waals surface area contributed by atoms with Gasteiger partial charge in [0, 0.05) is 6.54 Å². The lowest BCUT2D eigenvalue weighted by molar-refractivity contribution is -0.137. The first-order valence-electron chi connectivity index (χ1n) is 9.45. The summed E-state index contributed by atoms with van der Waals surface area (Å²) >= 11 is 0. The van der Waals surface area contributed by atoms with E-state index >= 15 is 0 Å². The summed E-state index contributed by atoms with van der Waals surface area (Å²) in [7, 11) is 2.90. The van der Waals surface area contributed by atoms with E-state index in [2.05, 4.69) is 0 Å². The van der Waals surface area contributed by atoms with Gasteiger partial charge in [0.25, 0.3) is 0 Å². The molecule has 0 atom stereocenters. The molecule has 3 rings (SSSR count). The van der Waals surface area contributed by atoms with Crippen LogP contribution in [0.1, 0.15) is 23.1 Å². The van der Waals surface area contributed by atoms with Crippen LogP contribution >= 0.6 is 0 Å². The zero-order valence-corrected chi connectivity index (χ0v) is 17.0. The van der Waals surface area contributed by atoms with Crippen LogP contribution in [-0.2, 0) is 10.9 Å². The molecule has 2 aromatic carbocycles. The minimum absolute atomic E-state index is 0.0588. The van der Waals surface area contributed by atoms with Gasteiger partial charge in [0.2, 0.25) is 0 Å². The molecule has 5 nitrogen and oxygen atoms in total. The van der Waals surface area contributed by atoms with E-state index < -0.39 is 23.7 Å². The van der Waals surface area contributed by atoms with Crippen LogP contribution in [0.2, 0.25) is 0 Å². The highest BCUT2D eigenvalue weighted by Gasteiger charge is 2.31. The lowest BCUT2D eigenvalue weighted by Crippen LogP contribution is -2.24. The average molecular weight is 439 g/mol. The van der Waals surface area contributed by atoms with Gasteiger partial charge >= 0.3 is 12.3 Å². The van der Waals surface area contributed by atoms with Gasteiger partial charge in [-0.1, -0.05) is 12.1 Å². The molecule has 0 bridgehead atoms. The standard InChI is InChI=1S/C22H21F4NO4/c1-29-19-6-5-14(12-20(19)30-2)18(4-3-7-27-8-9-31-21(27)28)15-10-16(22(24,25)26)13-17(23)11-15/h4-6,10-13H,3,7-9H2,1-2H3/b18-4+. The van der Waals surface area contributed by atoms with E-state index in [1.54, 1.807) is 24.3 Å². The van der Waals surface area contributed by atoms with Gasteiger partial charge in [0.1, 0.15) is 12.4 Å². The van der Waals surface area contributed by atoms with Crippen molar-refractivity contribution in [3.63, 3.8) is 0 Å². The van der Waals surface area contributed by atoms with E-state index in [4.69, 9.17) is 14.2 Å². The SMILES string of the molecule is COc1ccc(/C(=C\CCN2CCOC2=O)c2cc(F)cc(C(F)(F)F)c2)cc1OC. The van der Waals surface area contributed by atoms with Crippen LogP contribution < -0.4 is 9.47 Å². The predicted octanol–water partition coefficient (Wildman–Crippen LogP) is 5.14. The molecular weight excluding hydrogens is 418 g/mol. The number of hydrogen-bond acceptors (Lipinski definition) is 4. The first-order valence-corrected chi connectivity index (χ1v) is 9.45. The van der Waals surface area contributed by atoms with Crippen molar-refractivity contribution in [2.24, 2.45) is 0 Å². The first kappa shape index (κ1) is 22.5. The molecule has 0 saturated carbocycles. The fourth-order valence-corrected chi connectivity index (χ4v) is 3.31. The summed E-state index contributed by atoms with van der Waals surface area (Å²) in [6.45, 7) is 1.05. The third kappa shape index (κ3) is 5.28. The topological polar surface area (TPSA) is 48.0 Å². The molecule has 1 amide bonds. The Hall–Kier alpha value is -3.23. The summed E-state index contributed by atoms with van der Waals surface area (Å²) < 4.78 is 69.2. The number of alkyl halides is 3. The molecule has 2 aromatic rings. The number of methoxy groups -OCH3 is 2. The van der Waals surface area contributed by atoms with E-state index in [-0.39, 0.29) is 5.56 Å². The molecule has 0 unspecified atom stereocenters. The molecule has 166 valence electrons. The van der Waals surface area contributed by atoms with Crippen molar-refractivity contribution in [2.45, 2.75) is 12.6 Å². The minimum Gasteiger partial charge on any atom is -0.493 e. The van der Waals surface area contributed by atoms with E-state index in [1.165, 1.54) is 19.1 Å². The van der Waals surface area contributed by atoms with Crippen LogP contribution in [0.4, 0.5) is 22.4 Å². The lowest BCUT2D eigenvalue weighted by atomic mass is 9.94. The quantitative estimate of drug-likeness (QED) is 0.561. The maximum atomic E-state index is 14.1. The van der Waals surface area contributed by atoms with Crippen LogP contribution in [-0.4, -0.2) is 44.9 Å². The summed E-state index contributed by atoms with van der Waals surface area (Å²) in [5, 5.41) is 0. The third-order valence-corrected chi connectivity index (χ3v) is 4.82. The van der Waals surface area contributed by atoms with Crippen LogP contribution in [0.15, 0.2) is 42.5 Å². The van der Waals surface area contributed by atoms with Gasteiger partial charge in [-0.15, -0.1) is 0 Å². The Labute approximate surface area is 176 Å². The molecule has 31 heavy (non-hydrogen) atoms. The number of amides is 1. The van der Waals surface area contributed by atoms with E-state index in [9.17, 15) is 22.4 Å². The fourth-order valence-electron chi connectivity index (χ4n) is 3.31. The minimum atomic E-state index is -4.70. The predicted molar refractivity (Wildman–Crippen MR) is 106 cm³/mol. The summed E-state index contributed by atoms with van der Waals surface area (Å²) in [5.41, 5.74) is -0.139. The van der Waals surface area contributed by atoms with Crippen molar-refractivity contribution in [2.75, 3.05) is 33.9 Å². The smallest absolute Gasteiger partial charge is 0.416 e. The second kappa shape index (κ2) is 9.28. The van der Waals surface area contributed by atoms with Gasteiger partial charge in [0.05, 0.1) is 26.3 Å². The molecule has 0 spiro atoms. The summed E-state index contributed by atoms with van der Waals surface area (Å²) in [4.78, 5) is 13.1. The van der Waals surface area contributed by atoms with Gasteiger partial charge in [-0.2, -0.15) is 13.2 Å². The van der Waals surface area contributed by atoms with Gasteiger partial charge in [-0.3, -0.25) is 0 Å². The van der Waals surface area contributed by atoms with Gasteiger partial charge in [0.15, 0.2) is 11.5 Å². The number of hydrogen-bond donors (Lipinski definition) is 0. The first-order chi connectivity index (χ1) is 14.7. The van der Waals surface area contributed by atoms with Gasteiger partial charge in [-0.25, -0.2) is 9.18 Å². The molecular formula is C22H21F4NO4. The summed E-state index contributed by atoms with van der Waals surface area (Å²) in [5.74, 6) is -0.179. The Balaban J connectivity index is 2.03. The Bertz CT molecular complexity index is 988. The van der Waals surface area contributed by atoms with E-state index in [0.29, 0.717) is 54.8 Å². The van der Waals surface area contributed by atoms with Crippen LogP contribution in [0.25, 0.3) is 5.57 Å². The maximum Gasteiger partial charge on any atom is 0.416 e. The fraction of sp³-hybridized carbons (Fsp3) is 0.318. The highest BCUT2D eigenvalue weighted by atomic mass is 19.4.